The number of rotatable bonds is 14. The molecule has 23 heavy (non-hydrogen) atoms. The van der Waals surface area contributed by atoms with E-state index >= 15 is 0 Å². The summed E-state index contributed by atoms with van der Waals surface area (Å²) >= 11 is 0. The van der Waals surface area contributed by atoms with Crippen molar-refractivity contribution in [3.05, 3.63) is 75.3 Å². The maximum absolute atomic E-state index is 6.12. The van der Waals surface area contributed by atoms with Gasteiger partial charge in [0, 0.05) is 12.8 Å². The van der Waals surface area contributed by atoms with Crippen LogP contribution in [0, 0.1) is 0 Å². The van der Waals surface area contributed by atoms with Gasteiger partial charge in [0.05, 0.1) is 12.5 Å². The molecular formula is C20H30O3. The molecule has 0 aromatic heterocycles. The predicted octanol–water partition coefficient (Wildman–Crippen LogP) is 5.10. The van der Waals surface area contributed by atoms with E-state index in [0.717, 1.165) is 0 Å². The molecule has 0 aromatic carbocycles. The first-order valence-corrected chi connectivity index (χ1v) is 7.83. The van der Waals surface area contributed by atoms with Crippen LogP contribution >= 0.6 is 0 Å². The summed E-state index contributed by atoms with van der Waals surface area (Å²) in [5.41, 5.74) is 0. The van der Waals surface area contributed by atoms with Crippen LogP contribution in [0.3, 0.4) is 0 Å². The minimum atomic E-state index is -0.311. The highest BCUT2D eigenvalue weighted by atomic mass is 16.6. The molecule has 3 heteroatoms. The highest BCUT2D eigenvalue weighted by molar-refractivity contribution is 4.98. The molecule has 0 rings (SSSR count). The van der Waals surface area contributed by atoms with Gasteiger partial charge in [-0.2, -0.15) is 0 Å². The van der Waals surface area contributed by atoms with Crippen LogP contribution in [0.1, 0.15) is 26.7 Å². The molecule has 0 spiro atoms. The van der Waals surface area contributed by atoms with Gasteiger partial charge < -0.3 is 14.2 Å². The van der Waals surface area contributed by atoms with E-state index in [1.54, 1.807) is 36.8 Å². The zero-order valence-electron chi connectivity index (χ0n) is 14.4. The van der Waals surface area contributed by atoms with E-state index in [1.807, 2.05) is 26.0 Å². The molecule has 0 heterocycles. The second-order valence-electron chi connectivity index (χ2n) is 4.87. The SMILES string of the molecule is C=CC[C@H](O/C=C/C)[C@@H](C=C)O[C@H](C=C)[C@H](CC=C)O/C=C/C. The standard InChI is InChI=1S/C20H30O3/c1-7-13-19(21-15-9-3)17(11-5)23-18(12-6)20(14-8-2)22-16-10-4/h7-12,15-20H,1-2,5-6,13-14H2,3-4H3/b15-9+,16-10+/t17-,18-,19+,20+/m1/s1. The molecule has 0 radical (unpaired) electrons. The zero-order chi connectivity index (χ0) is 17.5. The first-order valence-electron chi connectivity index (χ1n) is 7.83. The Morgan fingerprint density at radius 3 is 1.39 bits per heavy atom. The zero-order valence-corrected chi connectivity index (χ0v) is 14.4. The van der Waals surface area contributed by atoms with Gasteiger partial charge in [0.25, 0.3) is 0 Å². The molecule has 0 N–H and O–H groups in total. The molecule has 0 aliphatic rings. The molecule has 3 nitrogen and oxygen atoms in total. The fourth-order valence-corrected chi connectivity index (χ4v) is 1.99. The van der Waals surface area contributed by atoms with Gasteiger partial charge in [-0.1, -0.05) is 36.5 Å². The lowest BCUT2D eigenvalue weighted by Crippen LogP contribution is -2.37. The highest BCUT2D eigenvalue weighted by Crippen LogP contribution is 2.19. The van der Waals surface area contributed by atoms with E-state index in [1.165, 1.54) is 0 Å². The van der Waals surface area contributed by atoms with Gasteiger partial charge in [0.15, 0.2) is 0 Å². The second-order valence-corrected chi connectivity index (χ2v) is 4.87. The van der Waals surface area contributed by atoms with E-state index in [4.69, 9.17) is 14.2 Å². The van der Waals surface area contributed by atoms with Crippen LogP contribution in [0.25, 0.3) is 0 Å². The quantitative estimate of drug-likeness (QED) is 0.329. The summed E-state index contributed by atoms with van der Waals surface area (Å²) in [6.07, 6.45) is 14.3. The molecule has 4 atom stereocenters. The third-order valence-corrected chi connectivity index (χ3v) is 3.09. The number of hydrogen-bond donors (Lipinski definition) is 0. The fourth-order valence-electron chi connectivity index (χ4n) is 1.99. The normalized spacial score (nSPS) is 16.4. The largest absolute Gasteiger partial charge is 0.495 e. The maximum atomic E-state index is 6.12. The number of hydrogen-bond acceptors (Lipinski definition) is 3. The Kier molecular flexibility index (Phi) is 12.5. The van der Waals surface area contributed by atoms with Crippen molar-refractivity contribution in [3.63, 3.8) is 0 Å². The van der Waals surface area contributed by atoms with Gasteiger partial charge in [-0.3, -0.25) is 0 Å². The van der Waals surface area contributed by atoms with Gasteiger partial charge in [-0.15, -0.1) is 26.3 Å². The Morgan fingerprint density at radius 2 is 1.13 bits per heavy atom. The molecule has 0 fully saturated rings. The Hall–Kier alpha value is -2.00. The molecule has 0 aliphatic carbocycles. The van der Waals surface area contributed by atoms with Crippen molar-refractivity contribution >= 4 is 0 Å². The smallest absolute Gasteiger partial charge is 0.131 e. The Bertz CT molecular complexity index is 371. The van der Waals surface area contributed by atoms with Crippen LogP contribution < -0.4 is 0 Å². The fraction of sp³-hybridized carbons (Fsp3) is 0.400. The summed E-state index contributed by atoms with van der Waals surface area (Å²) in [6, 6.07) is 0. The number of allylic oxidation sites excluding steroid dienone is 2. The van der Waals surface area contributed by atoms with E-state index in [-0.39, 0.29) is 24.4 Å². The van der Waals surface area contributed by atoms with Crippen LogP contribution in [-0.2, 0) is 14.2 Å². The molecule has 0 bridgehead atoms. The van der Waals surface area contributed by atoms with Crippen molar-refractivity contribution in [2.75, 3.05) is 0 Å². The van der Waals surface area contributed by atoms with Crippen LogP contribution in [0.15, 0.2) is 75.3 Å². The summed E-state index contributed by atoms with van der Waals surface area (Å²) in [5.74, 6) is 0. The van der Waals surface area contributed by atoms with Crippen molar-refractivity contribution in [1.82, 2.24) is 0 Å². The lowest BCUT2D eigenvalue weighted by Gasteiger charge is -2.30. The second kappa shape index (κ2) is 13.6. The topological polar surface area (TPSA) is 27.7 Å². The van der Waals surface area contributed by atoms with Crippen LogP contribution in [0.4, 0.5) is 0 Å². The third-order valence-electron chi connectivity index (χ3n) is 3.09. The summed E-state index contributed by atoms with van der Waals surface area (Å²) < 4.78 is 17.5. The lowest BCUT2D eigenvalue weighted by atomic mass is 10.1. The monoisotopic (exact) mass is 318 g/mol. The van der Waals surface area contributed by atoms with Crippen LogP contribution in [0.2, 0.25) is 0 Å². The van der Waals surface area contributed by atoms with Crippen molar-refractivity contribution < 1.29 is 14.2 Å². The van der Waals surface area contributed by atoms with Gasteiger partial charge in [0.2, 0.25) is 0 Å². The summed E-state index contributed by atoms with van der Waals surface area (Å²) in [4.78, 5) is 0. The van der Waals surface area contributed by atoms with E-state index in [0.29, 0.717) is 12.8 Å². The van der Waals surface area contributed by atoms with Crippen molar-refractivity contribution in [2.24, 2.45) is 0 Å². The van der Waals surface area contributed by atoms with Crippen LogP contribution in [0.5, 0.6) is 0 Å². The molecule has 128 valence electrons. The summed E-state index contributed by atoms with van der Waals surface area (Å²) in [5, 5.41) is 0. The highest BCUT2D eigenvalue weighted by Gasteiger charge is 2.26. The van der Waals surface area contributed by atoms with Crippen LogP contribution in [-0.4, -0.2) is 24.4 Å². The number of ether oxygens (including phenoxy) is 3. The average Bonchev–Trinajstić information content (AvgIpc) is 2.57. The van der Waals surface area contributed by atoms with Crippen molar-refractivity contribution in [1.29, 1.82) is 0 Å². The summed E-state index contributed by atoms with van der Waals surface area (Å²) in [7, 11) is 0. The lowest BCUT2D eigenvalue weighted by molar-refractivity contribution is -0.0808. The Balaban J connectivity index is 5.09. The Morgan fingerprint density at radius 1 is 0.739 bits per heavy atom. The minimum absolute atomic E-state index is 0.199. The Labute approximate surface area is 141 Å². The van der Waals surface area contributed by atoms with Gasteiger partial charge >= 0.3 is 0 Å². The van der Waals surface area contributed by atoms with Crippen molar-refractivity contribution in [2.45, 2.75) is 51.1 Å². The van der Waals surface area contributed by atoms with Gasteiger partial charge in [0.1, 0.15) is 24.4 Å². The molecular weight excluding hydrogens is 288 g/mol. The molecule has 0 saturated carbocycles. The molecule has 0 amide bonds. The van der Waals surface area contributed by atoms with Gasteiger partial charge in [-0.25, -0.2) is 0 Å². The first kappa shape index (κ1) is 21.0. The third kappa shape index (κ3) is 8.27. The minimum Gasteiger partial charge on any atom is -0.495 e. The molecule has 0 aromatic rings. The first-order chi connectivity index (χ1) is 11.2. The molecule has 0 unspecified atom stereocenters. The van der Waals surface area contributed by atoms with E-state index in [2.05, 4.69) is 26.3 Å². The molecule has 0 saturated heterocycles. The van der Waals surface area contributed by atoms with Crippen molar-refractivity contribution in [3.8, 4) is 0 Å². The average molecular weight is 318 g/mol. The molecule has 0 aliphatic heterocycles. The maximum Gasteiger partial charge on any atom is 0.131 e. The predicted molar refractivity (Wildman–Crippen MR) is 98.1 cm³/mol. The summed E-state index contributed by atoms with van der Waals surface area (Å²) in [6.45, 7) is 19.0. The van der Waals surface area contributed by atoms with Gasteiger partial charge in [-0.05, 0) is 13.8 Å². The van der Waals surface area contributed by atoms with E-state index in [9.17, 15) is 0 Å². The van der Waals surface area contributed by atoms with E-state index < -0.39 is 0 Å².